The van der Waals surface area contributed by atoms with E-state index in [4.69, 9.17) is 4.74 Å². The van der Waals surface area contributed by atoms with Crippen LogP contribution in [-0.4, -0.2) is 30.3 Å². The number of anilines is 1. The largest absolute Gasteiger partial charge is 0.481 e. The summed E-state index contributed by atoms with van der Waals surface area (Å²) in [6.45, 7) is 1.79. The Balaban J connectivity index is 1.73. The van der Waals surface area contributed by atoms with Crippen LogP contribution in [0.25, 0.3) is 0 Å². The van der Waals surface area contributed by atoms with Crippen LogP contribution in [0.2, 0.25) is 0 Å². The molecule has 11 heteroatoms. The van der Waals surface area contributed by atoms with Gasteiger partial charge in [0.1, 0.15) is 9.96 Å². The maximum absolute atomic E-state index is 12.7. The molecule has 1 heterocycles. The highest BCUT2D eigenvalue weighted by atomic mass is 32.2. The first-order valence-corrected chi connectivity index (χ1v) is 11.1. The molecule has 0 aliphatic heterocycles. The van der Waals surface area contributed by atoms with E-state index in [0.717, 1.165) is 41.8 Å². The van der Waals surface area contributed by atoms with Gasteiger partial charge in [-0.3, -0.25) is 20.2 Å². The predicted molar refractivity (Wildman–Crippen MR) is 110 cm³/mol. The summed E-state index contributed by atoms with van der Waals surface area (Å²) in [5, 5.41) is 13.4. The molecule has 1 aromatic heterocycles. The minimum Gasteiger partial charge on any atom is -0.481 e. The van der Waals surface area contributed by atoms with Crippen molar-refractivity contribution in [3.8, 4) is 5.75 Å². The average molecular weight is 447 g/mol. The average Bonchev–Trinajstić information content (AvgIpc) is 3.22. The van der Waals surface area contributed by atoms with E-state index in [9.17, 15) is 23.3 Å². The first-order chi connectivity index (χ1) is 14.3. The second kappa shape index (κ2) is 9.01. The zero-order valence-corrected chi connectivity index (χ0v) is 17.4. The molecule has 0 aliphatic carbocycles. The van der Waals surface area contributed by atoms with Crippen molar-refractivity contribution < 1.29 is 22.9 Å². The maximum atomic E-state index is 12.7. The van der Waals surface area contributed by atoms with E-state index < -0.39 is 26.8 Å². The molecule has 0 aliphatic rings. The van der Waals surface area contributed by atoms with Crippen molar-refractivity contribution in [1.82, 2.24) is 4.98 Å². The molecule has 9 nitrogen and oxygen atoms in total. The van der Waals surface area contributed by atoms with Crippen LogP contribution < -0.4 is 10.1 Å². The van der Waals surface area contributed by atoms with Gasteiger partial charge in [0, 0.05) is 12.1 Å². The number of rotatable bonds is 8. The number of thiazole rings is 1. The molecule has 30 heavy (non-hydrogen) atoms. The number of amides is 1. The fraction of sp³-hybridized carbons (Fsp3) is 0.158. The predicted octanol–water partition coefficient (Wildman–Crippen LogP) is 3.68. The van der Waals surface area contributed by atoms with E-state index in [0.29, 0.717) is 12.2 Å². The number of hydrogen-bond acceptors (Lipinski definition) is 8. The van der Waals surface area contributed by atoms with E-state index in [1.165, 1.54) is 0 Å². The number of ether oxygens (including phenoxy) is 1. The summed E-state index contributed by atoms with van der Waals surface area (Å²) in [6.07, 6.45) is 0.766. The van der Waals surface area contributed by atoms with Crippen LogP contribution in [-0.2, 0) is 14.6 Å². The lowest BCUT2D eigenvalue weighted by molar-refractivity contribution is -0.384. The third-order valence-electron chi connectivity index (χ3n) is 4.02. The standard InChI is InChI=1S/C19H17N3O6S2/c1-2-16(28-14-6-4-3-5-7-14)18(23)21-19-20-12-17(29-19)30(26,27)15-10-8-13(9-11-15)22(24)25/h3-12,16H,2H2,1H3,(H,20,21,23). The number of benzene rings is 2. The topological polar surface area (TPSA) is 128 Å². The number of aromatic nitrogens is 1. The lowest BCUT2D eigenvalue weighted by Gasteiger charge is -2.16. The number of carbonyl (C=O) groups is 1. The molecule has 156 valence electrons. The number of hydrogen-bond donors (Lipinski definition) is 1. The summed E-state index contributed by atoms with van der Waals surface area (Å²) in [5.74, 6) is 0.0927. The molecule has 3 aromatic rings. The zero-order chi connectivity index (χ0) is 21.7. The van der Waals surface area contributed by atoms with Crippen molar-refractivity contribution in [1.29, 1.82) is 0 Å². The van der Waals surface area contributed by atoms with Gasteiger partial charge in [-0.2, -0.15) is 0 Å². The molecular weight excluding hydrogens is 430 g/mol. The third kappa shape index (κ3) is 4.81. The number of nitrogens with zero attached hydrogens (tertiary/aromatic N) is 2. The minimum absolute atomic E-state index is 0.0938. The van der Waals surface area contributed by atoms with Gasteiger partial charge in [0.25, 0.3) is 11.6 Å². The summed E-state index contributed by atoms with van der Waals surface area (Å²) in [4.78, 5) is 26.5. The third-order valence-corrected chi connectivity index (χ3v) is 7.17. The molecule has 0 radical (unpaired) electrons. The Hall–Kier alpha value is -3.31. The minimum atomic E-state index is -3.92. The van der Waals surface area contributed by atoms with Crippen molar-refractivity contribution in [3.63, 3.8) is 0 Å². The molecule has 1 unspecified atom stereocenters. The van der Waals surface area contributed by atoms with E-state index >= 15 is 0 Å². The fourth-order valence-corrected chi connectivity index (χ4v) is 4.91. The Kier molecular flexibility index (Phi) is 6.43. The van der Waals surface area contributed by atoms with E-state index in [1.807, 2.05) is 6.07 Å². The SMILES string of the molecule is CCC(Oc1ccccc1)C(=O)Nc1ncc(S(=O)(=O)c2ccc([N+](=O)[O-])cc2)s1. The molecule has 0 spiro atoms. The quantitative estimate of drug-likeness (QED) is 0.412. The van der Waals surface area contributed by atoms with Crippen LogP contribution in [0.4, 0.5) is 10.8 Å². The molecule has 3 rings (SSSR count). The van der Waals surface area contributed by atoms with Crippen LogP contribution in [0.15, 0.2) is 69.9 Å². The van der Waals surface area contributed by atoms with Gasteiger partial charge in [-0.15, -0.1) is 0 Å². The first-order valence-electron chi connectivity index (χ1n) is 8.79. The van der Waals surface area contributed by atoms with Gasteiger partial charge < -0.3 is 4.74 Å². The van der Waals surface area contributed by atoms with Crippen molar-refractivity contribution in [3.05, 3.63) is 70.9 Å². The van der Waals surface area contributed by atoms with E-state index in [-0.39, 0.29) is 19.9 Å². The van der Waals surface area contributed by atoms with Gasteiger partial charge in [-0.1, -0.05) is 36.5 Å². The summed E-state index contributed by atoms with van der Waals surface area (Å²) < 4.78 is 31.0. The van der Waals surface area contributed by atoms with Crippen LogP contribution in [0.1, 0.15) is 13.3 Å². The number of nitro benzene ring substituents is 1. The summed E-state index contributed by atoms with van der Waals surface area (Å²) in [7, 11) is -3.92. The molecule has 0 bridgehead atoms. The number of nitro groups is 1. The summed E-state index contributed by atoms with van der Waals surface area (Å²) >= 11 is 0.787. The van der Waals surface area contributed by atoms with Crippen LogP contribution >= 0.6 is 11.3 Å². The maximum Gasteiger partial charge on any atom is 0.269 e. The fourth-order valence-electron chi connectivity index (χ4n) is 2.48. The second-order valence-electron chi connectivity index (χ2n) is 6.06. The van der Waals surface area contributed by atoms with E-state index in [2.05, 4.69) is 10.3 Å². The molecule has 0 fully saturated rings. The number of non-ortho nitro benzene ring substituents is 1. The monoisotopic (exact) mass is 447 g/mol. The Bertz CT molecular complexity index is 1140. The Morgan fingerprint density at radius 2 is 1.87 bits per heavy atom. The Morgan fingerprint density at radius 1 is 1.20 bits per heavy atom. The zero-order valence-electron chi connectivity index (χ0n) is 15.7. The molecule has 1 N–H and O–H groups in total. The van der Waals surface area contributed by atoms with Crippen molar-refractivity contribution in [2.45, 2.75) is 28.6 Å². The lowest BCUT2D eigenvalue weighted by Crippen LogP contribution is -2.32. The lowest BCUT2D eigenvalue weighted by atomic mass is 10.2. The number of nitrogens with one attached hydrogen (secondary N) is 1. The van der Waals surface area contributed by atoms with Gasteiger partial charge in [0.05, 0.1) is 16.0 Å². The number of para-hydroxylation sites is 1. The van der Waals surface area contributed by atoms with Crippen LogP contribution in [0.3, 0.4) is 0 Å². The molecule has 1 amide bonds. The van der Waals surface area contributed by atoms with Gasteiger partial charge in [0.15, 0.2) is 11.2 Å². The number of sulfone groups is 1. The van der Waals surface area contributed by atoms with Crippen LogP contribution in [0, 0.1) is 10.1 Å². The Labute approximate surface area is 176 Å². The summed E-state index contributed by atoms with van der Waals surface area (Å²) in [6, 6.07) is 13.4. The Morgan fingerprint density at radius 3 is 2.47 bits per heavy atom. The normalized spacial score (nSPS) is 12.2. The van der Waals surface area contributed by atoms with Crippen molar-refractivity contribution in [2.75, 3.05) is 5.32 Å². The molecule has 0 saturated carbocycles. The second-order valence-corrected chi connectivity index (χ2v) is 9.26. The van der Waals surface area contributed by atoms with Gasteiger partial charge in [-0.25, -0.2) is 13.4 Å². The highest BCUT2D eigenvalue weighted by molar-refractivity contribution is 7.93. The highest BCUT2D eigenvalue weighted by Crippen LogP contribution is 2.29. The van der Waals surface area contributed by atoms with Gasteiger partial charge in [0.2, 0.25) is 9.84 Å². The molecule has 0 saturated heterocycles. The highest BCUT2D eigenvalue weighted by Gasteiger charge is 2.24. The van der Waals surface area contributed by atoms with E-state index in [1.54, 1.807) is 31.2 Å². The molecular formula is C19H17N3O6S2. The van der Waals surface area contributed by atoms with Gasteiger partial charge in [-0.05, 0) is 30.7 Å². The smallest absolute Gasteiger partial charge is 0.269 e. The summed E-state index contributed by atoms with van der Waals surface area (Å²) in [5.41, 5.74) is -0.213. The van der Waals surface area contributed by atoms with Crippen LogP contribution in [0.5, 0.6) is 5.75 Å². The molecule has 2 aromatic carbocycles. The molecule has 1 atom stereocenters. The van der Waals surface area contributed by atoms with Crippen molar-refractivity contribution >= 4 is 37.9 Å². The number of carbonyl (C=O) groups excluding carboxylic acids is 1. The first kappa shape index (κ1) is 21.4. The van der Waals surface area contributed by atoms with Gasteiger partial charge >= 0.3 is 0 Å². The van der Waals surface area contributed by atoms with Crippen molar-refractivity contribution in [2.24, 2.45) is 0 Å².